The molecule has 0 saturated carbocycles. The molecule has 0 aliphatic heterocycles. The van der Waals surface area contributed by atoms with Gasteiger partial charge in [0.2, 0.25) is 5.91 Å². The van der Waals surface area contributed by atoms with Crippen molar-refractivity contribution in [1.82, 2.24) is 9.55 Å². The third kappa shape index (κ3) is 2.60. The minimum absolute atomic E-state index is 0.315. The first-order valence-electron chi connectivity index (χ1n) is 5.66. The number of fused-ring (bicyclic) bond motifs is 1. The minimum atomic E-state index is -0.569. The fraction of sp³-hybridized carbons (Fsp3) is 0.333. The lowest BCUT2D eigenvalue weighted by Gasteiger charge is -2.14. The van der Waals surface area contributed by atoms with Crippen molar-refractivity contribution >= 4 is 44.5 Å². The second kappa shape index (κ2) is 5.46. The monoisotopic (exact) mass is 347 g/mol. The Labute approximate surface area is 122 Å². The van der Waals surface area contributed by atoms with E-state index in [1.807, 2.05) is 0 Å². The molecule has 0 aliphatic rings. The van der Waals surface area contributed by atoms with Gasteiger partial charge in [0, 0.05) is 18.4 Å². The van der Waals surface area contributed by atoms with Crippen LogP contribution in [0.4, 0.5) is 4.39 Å². The predicted octanol–water partition coefficient (Wildman–Crippen LogP) is 2.77. The number of nitrogens with two attached hydrogens (primary N) is 1. The van der Waals surface area contributed by atoms with E-state index in [1.165, 1.54) is 6.07 Å². The van der Waals surface area contributed by atoms with E-state index in [2.05, 4.69) is 20.9 Å². The highest BCUT2D eigenvalue weighted by Gasteiger charge is 2.20. The molecule has 19 heavy (non-hydrogen) atoms. The van der Waals surface area contributed by atoms with Gasteiger partial charge < -0.3 is 10.3 Å². The van der Waals surface area contributed by atoms with Crippen LogP contribution in [0.2, 0.25) is 0 Å². The van der Waals surface area contributed by atoms with E-state index in [0.29, 0.717) is 33.6 Å². The molecule has 0 aliphatic carbocycles. The number of aromatic nitrogens is 2. The maximum absolute atomic E-state index is 13.5. The van der Waals surface area contributed by atoms with E-state index < -0.39 is 17.8 Å². The van der Waals surface area contributed by atoms with Crippen LogP contribution in [0.15, 0.2) is 16.6 Å². The Hall–Kier alpha value is -1.14. The molecule has 1 aromatic heterocycles. The molecule has 2 aromatic rings. The summed E-state index contributed by atoms with van der Waals surface area (Å²) in [6, 6.07) is 2.34. The number of alkyl halides is 1. The average molecular weight is 349 g/mol. The third-order valence-electron chi connectivity index (χ3n) is 2.92. The standard InChI is InChI=1S/C12H12BrClFN3O/c1-6(12(16)19)18-10-4-7(13)8(15)5-9(10)17-11(18)2-3-14/h4-6H,2-3H2,1H3,(H2,16,19). The zero-order valence-electron chi connectivity index (χ0n) is 10.2. The summed E-state index contributed by atoms with van der Waals surface area (Å²) in [5.41, 5.74) is 6.48. The molecular weight excluding hydrogens is 337 g/mol. The molecule has 1 unspecified atom stereocenters. The summed E-state index contributed by atoms with van der Waals surface area (Å²) >= 11 is 8.86. The summed E-state index contributed by atoms with van der Waals surface area (Å²) in [5, 5.41) is 0. The van der Waals surface area contributed by atoms with Crippen molar-refractivity contribution in [3.05, 3.63) is 28.2 Å². The molecule has 2 N–H and O–H groups in total. The van der Waals surface area contributed by atoms with Crippen LogP contribution < -0.4 is 5.73 Å². The van der Waals surface area contributed by atoms with Gasteiger partial charge in [0.25, 0.3) is 0 Å². The van der Waals surface area contributed by atoms with Crippen molar-refractivity contribution in [1.29, 1.82) is 0 Å². The van der Waals surface area contributed by atoms with Gasteiger partial charge in [0.15, 0.2) is 0 Å². The second-order valence-corrected chi connectivity index (χ2v) is 5.40. The van der Waals surface area contributed by atoms with Gasteiger partial charge in [-0.3, -0.25) is 4.79 Å². The number of benzene rings is 1. The summed E-state index contributed by atoms with van der Waals surface area (Å²) < 4.78 is 15.5. The number of rotatable bonds is 4. The Morgan fingerprint density at radius 2 is 2.32 bits per heavy atom. The predicted molar refractivity (Wildman–Crippen MR) is 75.7 cm³/mol. The third-order valence-corrected chi connectivity index (χ3v) is 3.72. The van der Waals surface area contributed by atoms with Crippen LogP contribution in [0.5, 0.6) is 0 Å². The Bertz CT molecular complexity index is 643. The molecule has 0 saturated heterocycles. The summed E-state index contributed by atoms with van der Waals surface area (Å²) in [5.74, 6) is 0.101. The fourth-order valence-corrected chi connectivity index (χ4v) is 2.46. The van der Waals surface area contributed by atoms with Crippen molar-refractivity contribution in [3.8, 4) is 0 Å². The maximum atomic E-state index is 13.5. The van der Waals surface area contributed by atoms with Gasteiger partial charge in [-0.2, -0.15) is 0 Å². The number of carbonyl (C=O) groups is 1. The van der Waals surface area contributed by atoms with Crippen molar-refractivity contribution in [3.63, 3.8) is 0 Å². The Morgan fingerprint density at radius 3 is 2.89 bits per heavy atom. The van der Waals surface area contributed by atoms with Crippen LogP contribution in [0, 0.1) is 5.82 Å². The second-order valence-electron chi connectivity index (χ2n) is 4.17. The fourth-order valence-electron chi connectivity index (χ4n) is 1.96. The number of aryl methyl sites for hydroxylation is 1. The van der Waals surface area contributed by atoms with Crippen molar-refractivity contribution in [2.45, 2.75) is 19.4 Å². The lowest BCUT2D eigenvalue weighted by molar-refractivity contribution is -0.120. The van der Waals surface area contributed by atoms with E-state index >= 15 is 0 Å². The molecular formula is C12H12BrClFN3O. The van der Waals surface area contributed by atoms with Crippen molar-refractivity contribution < 1.29 is 9.18 Å². The summed E-state index contributed by atoms with van der Waals surface area (Å²) in [6.45, 7) is 1.68. The highest BCUT2D eigenvalue weighted by Crippen LogP contribution is 2.27. The molecule has 7 heteroatoms. The Kier molecular flexibility index (Phi) is 4.10. The van der Waals surface area contributed by atoms with Crippen LogP contribution in [0.1, 0.15) is 18.8 Å². The number of amides is 1. The van der Waals surface area contributed by atoms with E-state index in [-0.39, 0.29) is 0 Å². The first kappa shape index (κ1) is 14.3. The van der Waals surface area contributed by atoms with Crippen molar-refractivity contribution in [2.75, 3.05) is 5.88 Å². The number of imidazole rings is 1. The molecule has 1 heterocycles. The Morgan fingerprint density at radius 1 is 1.63 bits per heavy atom. The largest absolute Gasteiger partial charge is 0.368 e. The quantitative estimate of drug-likeness (QED) is 0.864. The Balaban J connectivity index is 2.72. The van der Waals surface area contributed by atoms with Gasteiger partial charge in [-0.15, -0.1) is 11.6 Å². The zero-order chi connectivity index (χ0) is 14.2. The molecule has 1 aromatic carbocycles. The van der Waals surface area contributed by atoms with Crippen LogP contribution in [-0.2, 0) is 11.2 Å². The summed E-state index contributed by atoms with van der Waals surface area (Å²) in [6.07, 6.45) is 0.479. The highest BCUT2D eigenvalue weighted by molar-refractivity contribution is 9.10. The minimum Gasteiger partial charge on any atom is -0.368 e. The van der Waals surface area contributed by atoms with Crippen molar-refractivity contribution in [2.24, 2.45) is 5.73 Å². The smallest absolute Gasteiger partial charge is 0.240 e. The van der Waals surface area contributed by atoms with E-state index in [4.69, 9.17) is 17.3 Å². The van der Waals surface area contributed by atoms with Crippen LogP contribution in [0.25, 0.3) is 11.0 Å². The lowest BCUT2D eigenvalue weighted by atomic mass is 10.2. The van der Waals surface area contributed by atoms with Gasteiger partial charge in [0.05, 0.1) is 15.5 Å². The summed E-state index contributed by atoms with van der Waals surface area (Å²) in [4.78, 5) is 15.7. The van der Waals surface area contributed by atoms with E-state index in [9.17, 15) is 9.18 Å². The number of halogens is 3. The SMILES string of the molecule is CC(C(N)=O)n1c(CCCl)nc2cc(F)c(Br)cc21. The molecule has 1 amide bonds. The van der Waals surface area contributed by atoms with Gasteiger partial charge in [-0.25, -0.2) is 9.37 Å². The number of hydrogen-bond donors (Lipinski definition) is 1. The van der Waals surface area contributed by atoms with Gasteiger partial charge in [0.1, 0.15) is 17.7 Å². The maximum Gasteiger partial charge on any atom is 0.240 e. The lowest BCUT2D eigenvalue weighted by Crippen LogP contribution is -2.25. The highest BCUT2D eigenvalue weighted by atomic mass is 79.9. The zero-order valence-corrected chi connectivity index (χ0v) is 12.5. The number of primary amides is 1. The normalized spacial score (nSPS) is 12.8. The van der Waals surface area contributed by atoms with Crippen LogP contribution in [0.3, 0.4) is 0 Å². The first-order valence-corrected chi connectivity index (χ1v) is 6.99. The van der Waals surface area contributed by atoms with Gasteiger partial charge in [-0.1, -0.05) is 0 Å². The molecule has 0 fully saturated rings. The summed E-state index contributed by atoms with van der Waals surface area (Å²) in [7, 11) is 0. The average Bonchev–Trinajstić information content (AvgIpc) is 2.66. The van der Waals surface area contributed by atoms with Gasteiger partial charge in [-0.05, 0) is 28.9 Å². The first-order chi connectivity index (χ1) is 8.95. The molecule has 0 spiro atoms. The van der Waals surface area contributed by atoms with Crippen LogP contribution >= 0.6 is 27.5 Å². The molecule has 102 valence electrons. The molecule has 0 bridgehead atoms. The number of carbonyl (C=O) groups excluding carboxylic acids is 1. The molecule has 2 rings (SSSR count). The molecule has 1 atom stereocenters. The van der Waals surface area contributed by atoms with Crippen LogP contribution in [-0.4, -0.2) is 21.3 Å². The molecule has 4 nitrogen and oxygen atoms in total. The van der Waals surface area contributed by atoms with E-state index in [0.717, 1.165) is 0 Å². The van der Waals surface area contributed by atoms with E-state index in [1.54, 1.807) is 17.6 Å². The number of hydrogen-bond acceptors (Lipinski definition) is 2. The van der Waals surface area contributed by atoms with Gasteiger partial charge >= 0.3 is 0 Å². The topological polar surface area (TPSA) is 60.9 Å². The molecule has 0 radical (unpaired) electrons. The number of nitrogens with zero attached hydrogens (tertiary/aromatic N) is 2.